The summed E-state index contributed by atoms with van der Waals surface area (Å²) in [5.74, 6) is 0. The molecular weight excluding hydrogens is 238 g/mol. The summed E-state index contributed by atoms with van der Waals surface area (Å²) in [4.78, 5) is 0. The fourth-order valence-corrected chi connectivity index (χ4v) is 1.99. The van der Waals surface area contributed by atoms with E-state index in [1.165, 1.54) is 24.0 Å². The predicted octanol–water partition coefficient (Wildman–Crippen LogP) is 3.48. The highest BCUT2D eigenvalue weighted by atomic mass is 79.9. The lowest BCUT2D eigenvalue weighted by Gasteiger charge is -2.11. The molecule has 14 heavy (non-hydrogen) atoms. The zero-order valence-corrected chi connectivity index (χ0v) is 9.89. The van der Waals surface area contributed by atoms with Crippen LogP contribution in [0.15, 0.2) is 29.3 Å². The zero-order valence-electron chi connectivity index (χ0n) is 8.31. The van der Waals surface area contributed by atoms with Gasteiger partial charge < -0.3 is 5.32 Å². The lowest BCUT2D eigenvalue weighted by Crippen LogP contribution is -2.14. The monoisotopic (exact) mass is 251 g/mol. The molecule has 1 aliphatic carbocycles. The Morgan fingerprint density at radius 3 is 2.79 bits per heavy atom. The number of benzene rings is 1. The summed E-state index contributed by atoms with van der Waals surface area (Å²) >= 11 is 3.46. The van der Waals surface area contributed by atoms with Crippen LogP contribution >= 0.6 is 15.9 Å². The molecule has 0 bridgehead atoms. The molecule has 0 unspecified atom stereocenters. The highest BCUT2D eigenvalue weighted by Crippen LogP contribution is 2.25. The van der Waals surface area contributed by atoms with Crippen molar-refractivity contribution in [2.75, 3.05) is 0 Å². The van der Waals surface area contributed by atoms with Crippen LogP contribution in [0.25, 0.3) is 5.70 Å². The molecule has 0 heterocycles. The second-order valence-corrected chi connectivity index (χ2v) is 4.77. The number of hydrogen-bond acceptors (Lipinski definition) is 1. The average molecular weight is 252 g/mol. The minimum Gasteiger partial charge on any atom is -0.382 e. The molecule has 0 spiro atoms. The van der Waals surface area contributed by atoms with Gasteiger partial charge in [-0.2, -0.15) is 0 Å². The van der Waals surface area contributed by atoms with Gasteiger partial charge in [-0.15, -0.1) is 0 Å². The van der Waals surface area contributed by atoms with Gasteiger partial charge in [-0.1, -0.05) is 28.6 Å². The van der Waals surface area contributed by atoms with Crippen LogP contribution in [0, 0.1) is 6.92 Å². The molecule has 0 aromatic heterocycles. The molecular formula is C12H14BrN. The van der Waals surface area contributed by atoms with Crippen molar-refractivity contribution in [3.63, 3.8) is 0 Å². The third-order valence-electron chi connectivity index (χ3n) is 2.47. The Morgan fingerprint density at radius 1 is 1.50 bits per heavy atom. The van der Waals surface area contributed by atoms with E-state index in [9.17, 15) is 0 Å². The van der Waals surface area contributed by atoms with E-state index in [0.717, 1.165) is 10.2 Å². The van der Waals surface area contributed by atoms with Crippen molar-refractivity contribution < 1.29 is 0 Å². The Labute approximate surface area is 93.3 Å². The van der Waals surface area contributed by atoms with Crippen molar-refractivity contribution in [3.8, 4) is 0 Å². The molecule has 2 heteroatoms. The molecule has 2 rings (SSSR count). The van der Waals surface area contributed by atoms with Crippen molar-refractivity contribution in [1.29, 1.82) is 0 Å². The largest absolute Gasteiger partial charge is 0.382 e. The van der Waals surface area contributed by atoms with Gasteiger partial charge in [0.1, 0.15) is 0 Å². The van der Waals surface area contributed by atoms with Gasteiger partial charge >= 0.3 is 0 Å². The quantitative estimate of drug-likeness (QED) is 0.868. The number of hydrogen-bond donors (Lipinski definition) is 1. The molecule has 0 amide bonds. The van der Waals surface area contributed by atoms with Crippen molar-refractivity contribution in [2.24, 2.45) is 0 Å². The van der Waals surface area contributed by atoms with Crippen LogP contribution in [0.4, 0.5) is 0 Å². The van der Waals surface area contributed by atoms with Gasteiger partial charge in [-0.25, -0.2) is 0 Å². The third-order valence-corrected chi connectivity index (χ3v) is 2.96. The second-order valence-electron chi connectivity index (χ2n) is 3.86. The normalized spacial score (nSPS) is 15.3. The molecule has 1 aromatic rings. The summed E-state index contributed by atoms with van der Waals surface area (Å²) in [7, 11) is 0. The summed E-state index contributed by atoms with van der Waals surface area (Å²) in [5.41, 5.74) is 3.54. The molecule has 1 N–H and O–H groups in total. The van der Waals surface area contributed by atoms with Gasteiger partial charge in [0.2, 0.25) is 0 Å². The van der Waals surface area contributed by atoms with E-state index in [0.29, 0.717) is 6.04 Å². The molecule has 74 valence electrons. The van der Waals surface area contributed by atoms with Gasteiger partial charge in [0.25, 0.3) is 0 Å². The first kappa shape index (κ1) is 9.78. The Bertz CT molecular complexity index is 367. The number of nitrogens with one attached hydrogen (secondary N) is 1. The first-order valence-electron chi connectivity index (χ1n) is 4.89. The van der Waals surface area contributed by atoms with Crippen molar-refractivity contribution >= 4 is 21.6 Å². The van der Waals surface area contributed by atoms with Gasteiger partial charge in [-0.3, -0.25) is 0 Å². The lowest BCUT2D eigenvalue weighted by atomic mass is 10.1. The molecule has 1 fully saturated rings. The first-order valence-corrected chi connectivity index (χ1v) is 5.68. The second kappa shape index (κ2) is 3.77. The maximum atomic E-state index is 4.07. The molecule has 0 saturated heterocycles. The van der Waals surface area contributed by atoms with Crippen LogP contribution < -0.4 is 5.32 Å². The third kappa shape index (κ3) is 2.18. The Balaban J connectivity index is 2.17. The minimum absolute atomic E-state index is 0.672. The van der Waals surface area contributed by atoms with Gasteiger partial charge in [-0.05, 0) is 43.0 Å². The summed E-state index contributed by atoms with van der Waals surface area (Å²) in [6.07, 6.45) is 2.57. The van der Waals surface area contributed by atoms with E-state index in [1.54, 1.807) is 0 Å². The number of aryl methyl sites for hydroxylation is 1. The summed E-state index contributed by atoms with van der Waals surface area (Å²) < 4.78 is 1.12. The Kier molecular flexibility index (Phi) is 2.64. The molecule has 1 saturated carbocycles. The maximum Gasteiger partial charge on any atom is 0.0345 e. The SMILES string of the molecule is C=C(NC1CC1)c1ccc(Br)cc1C. The summed E-state index contributed by atoms with van der Waals surface area (Å²) in [6, 6.07) is 6.96. The fourth-order valence-electron chi connectivity index (χ4n) is 1.52. The number of rotatable bonds is 3. The molecule has 0 atom stereocenters. The molecule has 1 aromatic carbocycles. The van der Waals surface area contributed by atoms with Crippen LogP contribution in [0.5, 0.6) is 0 Å². The standard InChI is InChI=1S/C12H14BrN/c1-8-7-10(13)3-6-12(8)9(2)14-11-4-5-11/h3,6-7,11,14H,2,4-5H2,1H3. The van der Waals surface area contributed by atoms with E-state index in [2.05, 4.69) is 52.9 Å². The Morgan fingerprint density at radius 2 is 2.21 bits per heavy atom. The van der Waals surface area contributed by atoms with Crippen LogP contribution in [0.3, 0.4) is 0 Å². The highest BCUT2D eigenvalue weighted by Gasteiger charge is 2.21. The number of halogens is 1. The smallest absolute Gasteiger partial charge is 0.0345 e. The first-order chi connectivity index (χ1) is 6.66. The molecule has 0 radical (unpaired) electrons. The van der Waals surface area contributed by atoms with Crippen LogP contribution in [-0.2, 0) is 0 Å². The molecule has 1 aliphatic rings. The van der Waals surface area contributed by atoms with E-state index in [1.807, 2.05) is 0 Å². The summed E-state index contributed by atoms with van der Waals surface area (Å²) in [5, 5.41) is 3.42. The molecule has 0 aliphatic heterocycles. The fraction of sp³-hybridized carbons (Fsp3) is 0.333. The van der Waals surface area contributed by atoms with Gasteiger partial charge in [0.05, 0.1) is 0 Å². The van der Waals surface area contributed by atoms with Gasteiger partial charge in [0, 0.05) is 16.2 Å². The van der Waals surface area contributed by atoms with Crippen LogP contribution in [0.1, 0.15) is 24.0 Å². The van der Waals surface area contributed by atoms with Crippen molar-refractivity contribution in [3.05, 3.63) is 40.4 Å². The maximum absolute atomic E-state index is 4.07. The minimum atomic E-state index is 0.672. The van der Waals surface area contributed by atoms with E-state index in [4.69, 9.17) is 0 Å². The predicted molar refractivity (Wildman–Crippen MR) is 64.1 cm³/mol. The van der Waals surface area contributed by atoms with Crippen LogP contribution in [-0.4, -0.2) is 6.04 Å². The van der Waals surface area contributed by atoms with Crippen LogP contribution in [0.2, 0.25) is 0 Å². The zero-order chi connectivity index (χ0) is 10.1. The molecule has 1 nitrogen and oxygen atoms in total. The van der Waals surface area contributed by atoms with Gasteiger partial charge in [0.15, 0.2) is 0 Å². The van der Waals surface area contributed by atoms with Crippen molar-refractivity contribution in [2.45, 2.75) is 25.8 Å². The topological polar surface area (TPSA) is 12.0 Å². The Hall–Kier alpha value is -0.760. The summed E-state index contributed by atoms with van der Waals surface area (Å²) in [6.45, 7) is 6.18. The highest BCUT2D eigenvalue weighted by molar-refractivity contribution is 9.10. The van der Waals surface area contributed by atoms with E-state index < -0.39 is 0 Å². The van der Waals surface area contributed by atoms with E-state index in [-0.39, 0.29) is 0 Å². The lowest BCUT2D eigenvalue weighted by molar-refractivity contribution is 0.883. The van der Waals surface area contributed by atoms with E-state index >= 15 is 0 Å². The van der Waals surface area contributed by atoms with Crippen molar-refractivity contribution in [1.82, 2.24) is 5.32 Å². The average Bonchev–Trinajstić information content (AvgIpc) is 2.87.